The highest BCUT2D eigenvalue weighted by molar-refractivity contribution is 5.86. The number of nitrogens with one attached hydrogen (secondary N) is 1. The van der Waals surface area contributed by atoms with Gasteiger partial charge < -0.3 is 15.0 Å². The molecule has 1 N–H and O–H groups in total. The van der Waals surface area contributed by atoms with Crippen molar-refractivity contribution in [1.29, 1.82) is 0 Å². The summed E-state index contributed by atoms with van der Waals surface area (Å²) in [5.74, 6) is 0.0905. The molecule has 0 unspecified atom stereocenters. The lowest BCUT2D eigenvalue weighted by atomic mass is 9.97. The summed E-state index contributed by atoms with van der Waals surface area (Å²) in [6.07, 6.45) is -3.87. The van der Waals surface area contributed by atoms with Crippen LogP contribution in [-0.2, 0) is 15.7 Å². The van der Waals surface area contributed by atoms with E-state index >= 15 is 0 Å². The number of amides is 2. The van der Waals surface area contributed by atoms with Crippen LogP contribution in [0.1, 0.15) is 45.6 Å². The molecule has 0 bridgehead atoms. The monoisotopic (exact) mass is 486 g/mol. The fraction of sp³-hybridized carbons (Fsp3) is 0.696. The fourth-order valence-electron chi connectivity index (χ4n) is 5.23. The second kappa shape index (κ2) is 8.88. The minimum absolute atomic E-state index is 0.0397. The first-order valence-electron chi connectivity index (χ1n) is 11.5. The Labute approximate surface area is 195 Å². The van der Waals surface area contributed by atoms with Crippen molar-refractivity contribution in [1.82, 2.24) is 15.2 Å². The molecule has 2 aliphatic heterocycles. The summed E-state index contributed by atoms with van der Waals surface area (Å²) in [6, 6.07) is 0.839. The Hall–Kier alpha value is -2.59. The van der Waals surface area contributed by atoms with Gasteiger partial charge in [-0.25, -0.2) is 14.2 Å². The largest absolute Gasteiger partial charge is 0.444 e. The maximum atomic E-state index is 14.1. The van der Waals surface area contributed by atoms with Crippen LogP contribution in [0.15, 0.2) is 18.3 Å². The zero-order valence-electron chi connectivity index (χ0n) is 19.4. The maximum absolute atomic E-state index is 14.1. The van der Waals surface area contributed by atoms with Crippen molar-refractivity contribution >= 4 is 17.8 Å². The van der Waals surface area contributed by atoms with E-state index in [0.717, 1.165) is 36.1 Å². The van der Waals surface area contributed by atoms with Crippen LogP contribution >= 0.6 is 0 Å². The number of aromatic nitrogens is 1. The van der Waals surface area contributed by atoms with Crippen LogP contribution in [-0.4, -0.2) is 65.4 Å². The number of alkyl halides is 4. The third-order valence-electron chi connectivity index (χ3n) is 6.76. The van der Waals surface area contributed by atoms with E-state index in [-0.39, 0.29) is 36.7 Å². The van der Waals surface area contributed by atoms with Gasteiger partial charge in [-0.1, -0.05) is 0 Å². The van der Waals surface area contributed by atoms with E-state index in [1.807, 2.05) is 4.90 Å². The van der Waals surface area contributed by atoms with Crippen LogP contribution in [0.5, 0.6) is 0 Å². The summed E-state index contributed by atoms with van der Waals surface area (Å²) in [4.78, 5) is 32.6. The van der Waals surface area contributed by atoms with Crippen LogP contribution in [0.3, 0.4) is 0 Å². The first-order chi connectivity index (χ1) is 15.8. The Morgan fingerprint density at radius 2 is 1.88 bits per heavy atom. The third-order valence-corrected chi connectivity index (χ3v) is 6.76. The average Bonchev–Trinajstić information content (AvgIpc) is 3.41. The molecule has 3 aliphatic rings. The van der Waals surface area contributed by atoms with Crippen molar-refractivity contribution in [3.63, 3.8) is 0 Å². The van der Waals surface area contributed by atoms with Crippen LogP contribution in [0.2, 0.25) is 0 Å². The number of likely N-dealkylation sites (tertiary alicyclic amines) is 1. The van der Waals surface area contributed by atoms with Gasteiger partial charge in [0.2, 0.25) is 5.91 Å². The van der Waals surface area contributed by atoms with Crippen LogP contribution < -0.4 is 10.2 Å². The molecular formula is C23H30F4N4O3. The molecule has 34 heavy (non-hydrogen) atoms. The van der Waals surface area contributed by atoms with E-state index < -0.39 is 41.6 Å². The summed E-state index contributed by atoms with van der Waals surface area (Å²) in [5.41, 5.74) is -1.51. The number of halogens is 4. The van der Waals surface area contributed by atoms with Gasteiger partial charge in [-0.05, 0) is 51.7 Å². The molecule has 1 aliphatic carbocycles. The predicted octanol–water partition coefficient (Wildman–Crippen LogP) is 3.78. The molecule has 1 aromatic heterocycles. The Morgan fingerprint density at radius 1 is 1.15 bits per heavy atom. The zero-order chi connectivity index (χ0) is 24.8. The van der Waals surface area contributed by atoms with Gasteiger partial charge in [-0.3, -0.25) is 9.69 Å². The summed E-state index contributed by atoms with van der Waals surface area (Å²) in [5, 5.41) is 2.99. The van der Waals surface area contributed by atoms with Gasteiger partial charge >= 0.3 is 12.3 Å². The first-order valence-corrected chi connectivity index (χ1v) is 11.5. The molecule has 11 heteroatoms. The van der Waals surface area contributed by atoms with Crippen LogP contribution in [0.4, 0.5) is 28.2 Å². The summed E-state index contributed by atoms with van der Waals surface area (Å²) >= 11 is 0. The number of nitrogens with zero attached hydrogens (tertiary/aromatic N) is 3. The summed E-state index contributed by atoms with van der Waals surface area (Å²) in [7, 11) is 0. The molecule has 3 heterocycles. The molecule has 2 saturated heterocycles. The number of hydrogen-bond acceptors (Lipinski definition) is 5. The van der Waals surface area contributed by atoms with E-state index in [1.54, 1.807) is 20.8 Å². The van der Waals surface area contributed by atoms with Gasteiger partial charge in [0.15, 0.2) is 0 Å². The maximum Gasteiger partial charge on any atom is 0.416 e. The average molecular weight is 487 g/mol. The molecule has 0 spiro atoms. The van der Waals surface area contributed by atoms with Gasteiger partial charge in [0.1, 0.15) is 23.6 Å². The fourth-order valence-corrected chi connectivity index (χ4v) is 5.23. The number of ether oxygens (including phenoxy) is 1. The SMILES string of the molecule is CC(C)(C)OC(=O)N1C[C@H](F)C[C@H]1C(=O)N[C@H]1CC[C@@H]2CN(c3cc(C(F)(F)F)ccn3)C[C@@H]21. The smallest absolute Gasteiger partial charge is 0.416 e. The van der Waals surface area contributed by atoms with Gasteiger partial charge in [-0.2, -0.15) is 13.2 Å². The number of rotatable bonds is 3. The second-order valence-electron chi connectivity index (χ2n) is 10.4. The van der Waals surface area contributed by atoms with E-state index in [0.29, 0.717) is 13.1 Å². The first kappa shape index (κ1) is 24.5. The number of fused-ring (bicyclic) bond motifs is 1. The molecular weight excluding hydrogens is 456 g/mol. The lowest BCUT2D eigenvalue weighted by molar-refractivity contribution is -0.137. The number of pyridine rings is 1. The van der Waals surface area contributed by atoms with Gasteiger partial charge in [0, 0.05) is 37.7 Å². The highest BCUT2D eigenvalue weighted by Crippen LogP contribution is 2.40. The van der Waals surface area contributed by atoms with E-state index in [2.05, 4.69) is 10.3 Å². The molecule has 2 amide bonds. The van der Waals surface area contributed by atoms with E-state index in [9.17, 15) is 27.2 Å². The van der Waals surface area contributed by atoms with Crippen molar-refractivity contribution in [2.75, 3.05) is 24.5 Å². The predicted molar refractivity (Wildman–Crippen MR) is 116 cm³/mol. The Balaban J connectivity index is 1.41. The highest BCUT2D eigenvalue weighted by atomic mass is 19.4. The highest BCUT2D eigenvalue weighted by Gasteiger charge is 2.47. The molecule has 188 valence electrons. The molecule has 5 atom stereocenters. The van der Waals surface area contributed by atoms with Crippen molar-refractivity contribution in [3.05, 3.63) is 23.9 Å². The molecule has 3 fully saturated rings. The molecule has 0 radical (unpaired) electrons. The number of carbonyl (C=O) groups excluding carboxylic acids is 2. The van der Waals surface area contributed by atoms with Gasteiger partial charge in [-0.15, -0.1) is 0 Å². The van der Waals surface area contributed by atoms with Crippen LogP contribution in [0, 0.1) is 11.8 Å². The van der Waals surface area contributed by atoms with Crippen molar-refractivity contribution in [3.8, 4) is 0 Å². The quantitative estimate of drug-likeness (QED) is 0.659. The number of carbonyl (C=O) groups is 2. The van der Waals surface area contributed by atoms with Gasteiger partial charge in [0.25, 0.3) is 0 Å². The van der Waals surface area contributed by atoms with E-state index in [1.165, 1.54) is 0 Å². The van der Waals surface area contributed by atoms with Crippen molar-refractivity contribution in [2.45, 2.75) is 70.1 Å². The minimum atomic E-state index is -4.45. The number of anilines is 1. The Kier molecular flexibility index (Phi) is 6.41. The second-order valence-corrected chi connectivity index (χ2v) is 10.4. The molecule has 7 nitrogen and oxygen atoms in total. The molecule has 0 aromatic carbocycles. The normalized spacial score (nSPS) is 29.3. The van der Waals surface area contributed by atoms with Crippen molar-refractivity contribution < 1.29 is 31.9 Å². The number of hydrogen-bond donors (Lipinski definition) is 1. The third kappa shape index (κ3) is 5.22. The lowest BCUT2D eigenvalue weighted by Crippen LogP contribution is -2.51. The Morgan fingerprint density at radius 3 is 2.56 bits per heavy atom. The lowest BCUT2D eigenvalue weighted by Gasteiger charge is -2.29. The summed E-state index contributed by atoms with van der Waals surface area (Å²) < 4.78 is 58.7. The van der Waals surface area contributed by atoms with Crippen molar-refractivity contribution in [2.24, 2.45) is 11.8 Å². The topological polar surface area (TPSA) is 74.8 Å². The summed E-state index contributed by atoms with van der Waals surface area (Å²) in [6.45, 7) is 5.94. The zero-order valence-corrected chi connectivity index (χ0v) is 19.4. The van der Waals surface area contributed by atoms with E-state index in [4.69, 9.17) is 4.74 Å². The van der Waals surface area contributed by atoms with Gasteiger partial charge in [0.05, 0.1) is 12.1 Å². The molecule has 4 rings (SSSR count). The standard InChI is InChI=1S/C23H30F4N4O3/c1-22(2,3)34-21(33)31-11-15(24)9-18(31)20(32)29-17-5-4-13-10-30(12-16(13)17)19-8-14(6-7-28-19)23(25,26)27/h6-8,13,15-18H,4-5,9-12H2,1-3H3,(H,29,32)/t13-,15-,16+,17+,18+/m1/s1. The minimum Gasteiger partial charge on any atom is -0.444 e. The Bertz CT molecular complexity index is 936. The molecule has 1 aromatic rings. The van der Waals surface area contributed by atoms with Crippen LogP contribution in [0.25, 0.3) is 0 Å². The molecule has 1 saturated carbocycles.